The van der Waals surface area contributed by atoms with Crippen LogP contribution in [0.15, 0.2) is 23.1 Å². The Morgan fingerprint density at radius 3 is 2.57 bits per heavy atom. The number of benzene rings is 1. The van der Waals surface area contributed by atoms with Crippen LogP contribution in [0.2, 0.25) is 0 Å². The lowest BCUT2D eigenvalue weighted by atomic mass is 10.2. The van der Waals surface area contributed by atoms with Crippen molar-refractivity contribution < 1.29 is 8.42 Å². The predicted molar refractivity (Wildman–Crippen MR) is 85.7 cm³/mol. The number of sulfonamides is 1. The Labute approximate surface area is 127 Å². The highest BCUT2D eigenvalue weighted by Gasteiger charge is 2.35. The number of rotatable bonds is 5. The smallest absolute Gasteiger partial charge is 0.245 e. The summed E-state index contributed by atoms with van der Waals surface area (Å²) in [5, 5.41) is 0. The Morgan fingerprint density at radius 1 is 1.33 bits per heavy atom. The van der Waals surface area contributed by atoms with E-state index in [9.17, 15) is 8.42 Å². The number of nitrogen functional groups attached to an aromatic ring is 1. The van der Waals surface area contributed by atoms with Gasteiger partial charge in [0.05, 0.1) is 5.69 Å². The summed E-state index contributed by atoms with van der Waals surface area (Å²) >= 11 is 0. The zero-order valence-electron chi connectivity index (χ0n) is 13.0. The fourth-order valence-corrected chi connectivity index (χ4v) is 4.94. The normalized spacial score (nSPS) is 20.3. The minimum atomic E-state index is -3.50. The number of likely N-dealkylation sites (N-methyl/N-ethyl adjacent to an activating group) is 1. The zero-order chi connectivity index (χ0) is 15.6. The number of hydrogen-bond donors (Lipinski definition) is 1. The van der Waals surface area contributed by atoms with E-state index in [1.807, 2.05) is 0 Å². The van der Waals surface area contributed by atoms with E-state index in [4.69, 9.17) is 5.73 Å². The SMILES string of the molecule is CCN(CC)C1CCN(S(=O)(=O)c2c(C)cccc2N)C1. The van der Waals surface area contributed by atoms with E-state index in [2.05, 4.69) is 18.7 Å². The molecular formula is C15H25N3O2S. The third-order valence-electron chi connectivity index (χ3n) is 4.30. The maximum atomic E-state index is 12.8. The van der Waals surface area contributed by atoms with Gasteiger partial charge in [0, 0.05) is 19.1 Å². The maximum absolute atomic E-state index is 12.8. The molecule has 2 N–H and O–H groups in total. The quantitative estimate of drug-likeness (QED) is 0.840. The van der Waals surface area contributed by atoms with Crippen molar-refractivity contribution in [2.75, 3.05) is 31.9 Å². The van der Waals surface area contributed by atoms with Crippen molar-refractivity contribution in [3.05, 3.63) is 23.8 Å². The van der Waals surface area contributed by atoms with Crippen molar-refractivity contribution in [1.29, 1.82) is 0 Å². The molecule has 1 aliphatic heterocycles. The Balaban J connectivity index is 2.26. The lowest BCUT2D eigenvalue weighted by Gasteiger charge is -2.26. The first-order valence-electron chi connectivity index (χ1n) is 7.51. The molecule has 1 saturated heterocycles. The average molecular weight is 311 g/mol. The first-order chi connectivity index (χ1) is 9.91. The molecule has 1 heterocycles. The summed E-state index contributed by atoms with van der Waals surface area (Å²) in [5.41, 5.74) is 6.95. The minimum Gasteiger partial charge on any atom is -0.398 e. The highest BCUT2D eigenvalue weighted by atomic mass is 32.2. The highest BCUT2D eigenvalue weighted by Crippen LogP contribution is 2.29. The van der Waals surface area contributed by atoms with Crippen LogP contribution in [0.1, 0.15) is 25.8 Å². The van der Waals surface area contributed by atoms with Gasteiger partial charge in [-0.2, -0.15) is 4.31 Å². The molecule has 0 spiro atoms. The topological polar surface area (TPSA) is 66.6 Å². The summed E-state index contributed by atoms with van der Waals surface area (Å²) in [6.07, 6.45) is 0.882. The third-order valence-corrected chi connectivity index (χ3v) is 6.38. The van der Waals surface area contributed by atoms with Gasteiger partial charge in [0.1, 0.15) is 4.90 Å². The van der Waals surface area contributed by atoms with Gasteiger partial charge < -0.3 is 5.73 Å². The second kappa shape index (κ2) is 6.34. The van der Waals surface area contributed by atoms with Crippen molar-refractivity contribution in [3.8, 4) is 0 Å². The molecule has 1 aliphatic rings. The van der Waals surface area contributed by atoms with Crippen molar-refractivity contribution in [2.45, 2.75) is 38.1 Å². The van der Waals surface area contributed by atoms with Gasteiger partial charge in [-0.15, -0.1) is 0 Å². The fourth-order valence-electron chi connectivity index (χ4n) is 3.12. The molecule has 1 aromatic carbocycles. The molecule has 0 saturated carbocycles. The van der Waals surface area contributed by atoms with Crippen LogP contribution in [-0.4, -0.2) is 49.8 Å². The summed E-state index contributed by atoms with van der Waals surface area (Å²) in [6.45, 7) is 9.03. The molecule has 0 aromatic heterocycles. The maximum Gasteiger partial charge on any atom is 0.245 e. The van der Waals surface area contributed by atoms with Crippen LogP contribution in [0.25, 0.3) is 0 Å². The van der Waals surface area contributed by atoms with Crippen LogP contribution in [0.3, 0.4) is 0 Å². The first-order valence-corrected chi connectivity index (χ1v) is 8.95. The molecule has 0 aliphatic carbocycles. The van der Waals surface area contributed by atoms with Crippen LogP contribution >= 0.6 is 0 Å². The van der Waals surface area contributed by atoms with Gasteiger partial charge in [0.15, 0.2) is 0 Å². The van der Waals surface area contributed by atoms with Crippen molar-refractivity contribution in [3.63, 3.8) is 0 Å². The Kier molecular flexibility index (Phi) is 4.91. The van der Waals surface area contributed by atoms with Gasteiger partial charge in [0.2, 0.25) is 10.0 Å². The van der Waals surface area contributed by atoms with E-state index in [1.165, 1.54) is 0 Å². The van der Waals surface area contributed by atoms with Crippen LogP contribution in [0, 0.1) is 6.92 Å². The summed E-state index contributed by atoms with van der Waals surface area (Å²) < 4.78 is 27.3. The van der Waals surface area contributed by atoms with E-state index in [0.717, 1.165) is 19.5 Å². The number of aryl methyl sites for hydroxylation is 1. The van der Waals surface area contributed by atoms with Crippen molar-refractivity contribution in [2.24, 2.45) is 0 Å². The van der Waals surface area contributed by atoms with Gasteiger partial charge in [0.25, 0.3) is 0 Å². The lowest BCUT2D eigenvalue weighted by molar-refractivity contribution is 0.224. The Bertz CT molecular complexity index is 577. The van der Waals surface area contributed by atoms with Gasteiger partial charge in [-0.05, 0) is 38.1 Å². The highest BCUT2D eigenvalue weighted by molar-refractivity contribution is 7.89. The largest absolute Gasteiger partial charge is 0.398 e. The van der Waals surface area contributed by atoms with E-state index in [1.54, 1.807) is 29.4 Å². The molecule has 0 bridgehead atoms. The van der Waals surface area contributed by atoms with Crippen LogP contribution in [-0.2, 0) is 10.0 Å². The monoisotopic (exact) mass is 311 g/mol. The molecule has 1 aromatic rings. The first kappa shape index (κ1) is 16.3. The minimum absolute atomic E-state index is 0.269. The van der Waals surface area contributed by atoms with Gasteiger partial charge >= 0.3 is 0 Å². The summed E-state index contributed by atoms with van der Waals surface area (Å²) in [5.74, 6) is 0. The summed E-state index contributed by atoms with van der Waals surface area (Å²) in [6, 6.07) is 5.53. The third kappa shape index (κ3) is 3.07. The van der Waals surface area contributed by atoms with Crippen LogP contribution in [0.4, 0.5) is 5.69 Å². The summed E-state index contributed by atoms with van der Waals surface area (Å²) in [7, 11) is -3.50. The molecule has 118 valence electrons. The van der Waals surface area contributed by atoms with Crippen molar-refractivity contribution in [1.82, 2.24) is 9.21 Å². The molecule has 1 unspecified atom stereocenters. The summed E-state index contributed by atoms with van der Waals surface area (Å²) in [4.78, 5) is 2.58. The second-order valence-corrected chi connectivity index (χ2v) is 7.39. The van der Waals surface area contributed by atoms with E-state index < -0.39 is 10.0 Å². The molecule has 6 heteroatoms. The van der Waals surface area contributed by atoms with Crippen LogP contribution < -0.4 is 5.73 Å². The Morgan fingerprint density at radius 2 is 2.00 bits per heavy atom. The molecule has 21 heavy (non-hydrogen) atoms. The zero-order valence-corrected chi connectivity index (χ0v) is 13.9. The lowest BCUT2D eigenvalue weighted by Crippen LogP contribution is -2.38. The molecule has 1 fully saturated rings. The molecule has 5 nitrogen and oxygen atoms in total. The van der Waals surface area contributed by atoms with E-state index >= 15 is 0 Å². The molecular weight excluding hydrogens is 286 g/mol. The van der Waals surface area contributed by atoms with E-state index in [-0.39, 0.29) is 4.90 Å². The van der Waals surface area contributed by atoms with Crippen molar-refractivity contribution >= 4 is 15.7 Å². The standard InChI is InChI=1S/C15H25N3O2S/c1-4-17(5-2)13-9-10-18(11-13)21(19,20)15-12(3)7-6-8-14(15)16/h6-8,13H,4-5,9-11,16H2,1-3H3. The molecule has 2 rings (SSSR count). The Hall–Kier alpha value is -1.11. The van der Waals surface area contributed by atoms with Crippen LogP contribution in [0.5, 0.6) is 0 Å². The molecule has 0 amide bonds. The van der Waals surface area contributed by atoms with Gasteiger partial charge in [-0.3, -0.25) is 4.90 Å². The molecule has 1 atom stereocenters. The number of anilines is 1. The fraction of sp³-hybridized carbons (Fsp3) is 0.600. The average Bonchev–Trinajstić information content (AvgIpc) is 2.90. The van der Waals surface area contributed by atoms with Gasteiger partial charge in [-0.1, -0.05) is 26.0 Å². The number of nitrogens with two attached hydrogens (primary N) is 1. The predicted octanol–water partition coefficient (Wildman–Crippen LogP) is 1.68. The molecule has 0 radical (unpaired) electrons. The number of nitrogens with zero attached hydrogens (tertiary/aromatic N) is 2. The van der Waals surface area contributed by atoms with E-state index in [0.29, 0.717) is 30.4 Å². The second-order valence-electron chi connectivity index (χ2n) is 5.52. The van der Waals surface area contributed by atoms with Gasteiger partial charge in [-0.25, -0.2) is 8.42 Å². The number of hydrogen-bond acceptors (Lipinski definition) is 4.